The highest BCUT2D eigenvalue weighted by atomic mass is 32.2. The number of aliphatic imine (C=N–C) groups is 1. The second kappa shape index (κ2) is 9.64. The van der Waals surface area contributed by atoms with Crippen LogP contribution in [0.4, 0.5) is 10.1 Å². The number of amidine groups is 1. The van der Waals surface area contributed by atoms with E-state index < -0.39 is 0 Å². The molecule has 2 aromatic carbocycles. The maximum atomic E-state index is 13.0. The van der Waals surface area contributed by atoms with Crippen LogP contribution >= 0.6 is 11.8 Å². The van der Waals surface area contributed by atoms with Crippen molar-refractivity contribution in [3.63, 3.8) is 0 Å². The molecule has 0 aliphatic rings. The summed E-state index contributed by atoms with van der Waals surface area (Å²) < 4.78 is 13.0. The normalized spacial score (nSPS) is 11.0. The Hall–Kier alpha value is -2.60. The van der Waals surface area contributed by atoms with Crippen LogP contribution in [0.1, 0.15) is 15.9 Å². The van der Waals surface area contributed by atoms with E-state index in [-0.39, 0.29) is 11.7 Å². The smallest absolute Gasteiger partial charge is 0.281 e. The molecule has 25 heavy (non-hydrogen) atoms. The maximum absolute atomic E-state index is 13.0. The molecule has 1 amide bonds. The number of anilines is 1. The van der Waals surface area contributed by atoms with Crippen molar-refractivity contribution < 1.29 is 9.18 Å². The van der Waals surface area contributed by atoms with Gasteiger partial charge in [0.25, 0.3) is 5.91 Å². The Balaban J connectivity index is 2.13. The van der Waals surface area contributed by atoms with Crippen LogP contribution in [0.5, 0.6) is 0 Å². The summed E-state index contributed by atoms with van der Waals surface area (Å²) in [6, 6.07) is 13.4. The summed E-state index contributed by atoms with van der Waals surface area (Å²) in [5.74, 6) is -0.603. The number of benzene rings is 2. The van der Waals surface area contributed by atoms with Gasteiger partial charge in [0.05, 0.1) is 5.56 Å². The lowest BCUT2D eigenvalue weighted by Crippen LogP contribution is -2.21. The summed E-state index contributed by atoms with van der Waals surface area (Å²) in [6.07, 6.45) is 3.55. The first kappa shape index (κ1) is 18.7. The number of nitrogens with one attached hydrogen (secondary N) is 2. The van der Waals surface area contributed by atoms with Gasteiger partial charge >= 0.3 is 0 Å². The van der Waals surface area contributed by atoms with Gasteiger partial charge in [-0.05, 0) is 36.1 Å². The molecule has 0 bridgehead atoms. The van der Waals surface area contributed by atoms with Crippen LogP contribution in [0.2, 0.25) is 0 Å². The lowest BCUT2D eigenvalue weighted by atomic mass is 10.1. The fourth-order valence-corrected chi connectivity index (χ4v) is 2.49. The second-order valence-corrected chi connectivity index (χ2v) is 5.92. The Bertz CT molecular complexity index is 760. The molecule has 0 radical (unpaired) electrons. The highest BCUT2D eigenvalue weighted by Crippen LogP contribution is 2.18. The van der Waals surface area contributed by atoms with Gasteiger partial charge in [-0.2, -0.15) is 4.99 Å². The zero-order valence-corrected chi connectivity index (χ0v) is 14.8. The number of carbonyl (C=O) groups is 1. The third-order valence-corrected chi connectivity index (χ3v) is 3.97. The number of halogens is 1. The molecule has 0 heterocycles. The number of para-hydroxylation sites is 1. The first-order valence-electron chi connectivity index (χ1n) is 7.73. The van der Waals surface area contributed by atoms with E-state index in [1.165, 1.54) is 23.9 Å². The molecule has 0 saturated heterocycles. The van der Waals surface area contributed by atoms with Gasteiger partial charge in [0.2, 0.25) is 0 Å². The average molecular weight is 357 g/mol. The number of hydrogen-bond acceptors (Lipinski definition) is 3. The third-order valence-electron chi connectivity index (χ3n) is 3.35. The van der Waals surface area contributed by atoms with Crippen molar-refractivity contribution in [3.8, 4) is 0 Å². The van der Waals surface area contributed by atoms with E-state index in [2.05, 4.69) is 22.2 Å². The van der Waals surface area contributed by atoms with E-state index >= 15 is 0 Å². The third kappa shape index (κ3) is 5.76. The Morgan fingerprint density at radius 2 is 1.96 bits per heavy atom. The van der Waals surface area contributed by atoms with E-state index in [1.54, 1.807) is 30.3 Å². The zero-order chi connectivity index (χ0) is 18.1. The summed E-state index contributed by atoms with van der Waals surface area (Å²) in [6.45, 7) is 4.66. The predicted molar refractivity (Wildman–Crippen MR) is 104 cm³/mol. The predicted octanol–water partition coefficient (Wildman–Crippen LogP) is 4.07. The Labute approximate surface area is 151 Å². The summed E-state index contributed by atoms with van der Waals surface area (Å²) in [5, 5.41) is 6.77. The van der Waals surface area contributed by atoms with Gasteiger partial charge in [0, 0.05) is 18.8 Å². The van der Waals surface area contributed by atoms with Crippen molar-refractivity contribution in [2.75, 3.05) is 18.1 Å². The largest absolute Gasteiger partial charge is 0.380 e. The minimum atomic E-state index is -0.330. The fraction of sp³-hybridized carbons (Fsp3) is 0.158. The van der Waals surface area contributed by atoms with Gasteiger partial charge in [-0.3, -0.25) is 4.79 Å². The van der Waals surface area contributed by atoms with Crippen molar-refractivity contribution in [1.29, 1.82) is 0 Å². The van der Waals surface area contributed by atoms with Gasteiger partial charge < -0.3 is 10.6 Å². The van der Waals surface area contributed by atoms with Gasteiger partial charge in [-0.1, -0.05) is 42.1 Å². The number of hydrogen-bond donors (Lipinski definition) is 2. The van der Waals surface area contributed by atoms with Crippen LogP contribution in [-0.4, -0.2) is 23.9 Å². The molecule has 2 aromatic rings. The highest BCUT2D eigenvalue weighted by molar-refractivity contribution is 8.13. The molecule has 0 aliphatic carbocycles. The molecule has 0 unspecified atom stereocenters. The molecule has 6 heteroatoms. The summed E-state index contributed by atoms with van der Waals surface area (Å²) >= 11 is 1.36. The molecule has 2 rings (SSSR count). The minimum Gasteiger partial charge on any atom is -0.380 e. The molecule has 130 valence electrons. The number of nitrogens with zero attached hydrogens (tertiary/aromatic N) is 1. The molecule has 0 saturated carbocycles. The fourth-order valence-electron chi connectivity index (χ4n) is 2.09. The van der Waals surface area contributed by atoms with Crippen molar-refractivity contribution in [3.05, 3.63) is 78.1 Å². The summed E-state index contributed by atoms with van der Waals surface area (Å²) in [7, 11) is 0. The topological polar surface area (TPSA) is 53.5 Å². The Morgan fingerprint density at radius 1 is 1.24 bits per heavy atom. The number of thioether (sulfide) groups is 1. The second-order valence-electron chi connectivity index (χ2n) is 5.12. The Morgan fingerprint density at radius 3 is 2.64 bits per heavy atom. The quantitative estimate of drug-likeness (QED) is 0.465. The van der Waals surface area contributed by atoms with Crippen molar-refractivity contribution in [2.45, 2.75) is 6.54 Å². The lowest BCUT2D eigenvalue weighted by Gasteiger charge is -2.11. The molecular formula is C19H20FN3OS. The average Bonchev–Trinajstić information content (AvgIpc) is 2.64. The molecule has 0 aromatic heterocycles. The van der Waals surface area contributed by atoms with Crippen molar-refractivity contribution >= 4 is 28.5 Å². The van der Waals surface area contributed by atoms with Crippen LogP contribution < -0.4 is 10.6 Å². The molecule has 4 nitrogen and oxygen atoms in total. The van der Waals surface area contributed by atoms with Gasteiger partial charge in [-0.15, -0.1) is 6.58 Å². The van der Waals surface area contributed by atoms with Crippen molar-refractivity contribution in [1.82, 2.24) is 5.32 Å². The zero-order valence-electron chi connectivity index (χ0n) is 14.0. The first-order chi connectivity index (χ1) is 12.1. The van der Waals surface area contributed by atoms with Crippen LogP contribution in [0.15, 0.2) is 66.2 Å². The number of carbonyl (C=O) groups excluding carboxylic acids is 1. The molecule has 0 aliphatic heterocycles. The van der Waals surface area contributed by atoms with Gasteiger partial charge in [0.15, 0.2) is 5.17 Å². The number of amides is 1. The van der Waals surface area contributed by atoms with E-state index in [0.717, 1.165) is 5.56 Å². The molecular weight excluding hydrogens is 337 g/mol. The molecule has 2 N–H and O–H groups in total. The van der Waals surface area contributed by atoms with E-state index in [1.807, 2.05) is 18.4 Å². The van der Waals surface area contributed by atoms with Crippen LogP contribution in [-0.2, 0) is 6.54 Å². The summed E-state index contributed by atoms with van der Waals surface area (Å²) in [5.41, 5.74) is 2.09. The lowest BCUT2D eigenvalue weighted by molar-refractivity contribution is 0.100. The SMILES string of the molecule is C=CCNC(=NC(=O)c1ccccc1NCc1ccc(F)cc1)SC. The number of rotatable bonds is 6. The van der Waals surface area contributed by atoms with E-state index in [4.69, 9.17) is 0 Å². The molecule has 0 fully saturated rings. The monoisotopic (exact) mass is 357 g/mol. The molecule has 0 spiro atoms. The minimum absolute atomic E-state index is 0.273. The maximum Gasteiger partial charge on any atom is 0.281 e. The first-order valence-corrected chi connectivity index (χ1v) is 8.95. The van der Waals surface area contributed by atoms with Gasteiger partial charge in [-0.25, -0.2) is 4.39 Å². The Kier molecular flexibility index (Phi) is 7.22. The van der Waals surface area contributed by atoms with E-state index in [0.29, 0.717) is 29.5 Å². The highest BCUT2D eigenvalue weighted by Gasteiger charge is 2.11. The molecule has 0 atom stereocenters. The standard InChI is InChI=1S/C19H20FN3OS/c1-3-12-21-19(25-2)23-18(24)16-6-4-5-7-17(16)22-13-14-8-10-15(20)11-9-14/h3-11,22H,1,12-13H2,2H3,(H,21,23,24). The van der Waals surface area contributed by atoms with E-state index in [9.17, 15) is 9.18 Å². The van der Waals surface area contributed by atoms with Crippen LogP contribution in [0, 0.1) is 5.82 Å². The summed E-state index contributed by atoms with van der Waals surface area (Å²) in [4.78, 5) is 16.6. The van der Waals surface area contributed by atoms with Crippen LogP contribution in [0.3, 0.4) is 0 Å². The van der Waals surface area contributed by atoms with Crippen molar-refractivity contribution in [2.24, 2.45) is 4.99 Å². The van der Waals surface area contributed by atoms with Gasteiger partial charge in [0.1, 0.15) is 5.82 Å². The van der Waals surface area contributed by atoms with Crippen LogP contribution in [0.25, 0.3) is 0 Å².